The van der Waals surface area contributed by atoms with Crippen LogP contribution in [0.2, 0.25) is 0 Å². The average Bonchev–Trinajstić information content (AvgIpc) is 2.69. The number of rotatable bonds is 4. The maximum atomic E-state index is 11.1. The summed E-state index contributed by atoms with van der Waals surface area (Å²) in [7, 11) is 1.48. The molecule has 0 aliphatic carbocycles. The highest BCUT2D eigenvalue weighted by atomic mass is 16.7. The van der Waals surface area contributed by atoms with Crippen LogP contribution in [0.3, 0.4) is 0 Å². The summed E-state index contributed by atoms with van der Waals surface area (Å²) >= 11 is 0. The maximum absolute atomic E-state index is 11.1. The Morgan fingerprint density at radius 1 is 1.53 bits per heavy atom. The van der Waals surface area contributed by atoms with Gasteiger partial charge in [-0.2, -0.15) is 0 Å². The van der Waals surface area contributed by atoms with Gasteiger partial charge in [-0.1, -0.05) is 0 Å². The van der Waals surface area contributed by atoms with Gasteiger partial charge in [-0.15, -0.1) is 0 Å². The zero-order valence-electron chi connectivity index (χ0n) is 11.2. The van der Waals surface area contributed by atoms with Crippen molar-refractivity contribution in [3.63, 3.8) is 0 Å². The van der Waals surface area contributed by atoms with Gasteiger partial charge in [-0.25, -0.2) is 0 Å². The zero-order valence-corrected chi connectivity index (χ0v) is 11.2. The Morgan fingerprint density at radius 3 is 2.79 bits per heavy atom. The highest BCUT2D eigenvalue weighted by Gasteiger charge is 2.33. The summed E-state index contributed by atoms with van der Waals surface area (Å²) in [6.07, 6.45) is 0.283. The lowest BCUT2D eigenvalue weighted by Gasteiger charge is -2.17. The van der Waals surface area contributed by atoms with Crippen LogP contribution in [0.4, 0.5) is 5.69 Å². The van der Waals surface area contributed by atoms with Crippen LogP contribution in [-0.4, -0.2) is 30.5 Å². The molecule has 0 spiro atoms. The summed E-state index contributed by atoms with van der Waals surface area (Å²) in [6.45, 7) is 4.10. The number of nitrogens with zero attached hydrogens (tertiary/aromatic N) is 1. The molecule has 0 N–H and O–H groups in total. The second-order valence-electron chi connectivity index (χ2n) is 4.91. The molecular weight excluding hydrogens is 250 g/mol. The highest BCUT2D eigenvalue weighted by molar-refractivity contribution is 5.46. The van der Waals surface area contributed by atoms with E-state index in [0.29, 0.717) is 24.3 Å². The van der Waals surface area contributed by atoms with Crippen LogP contribution >= 0.6 is 0 Å². The minimum atomic E-state index is -0.619. The molecular formula is C13H17NO5. The molecule has 0 radical (unpaired) electrons. The van der Waals surface area contributed by atoms with E-state index in [9.17, 15) is 10.1 Å². The fraction of sp³-hybridized carbons (Fsp3) is 0.538. The summed E-state index contributed by atoms with van der Waals surface area (Å²) < 4.78 is 16.1. The third kappa shape index (κ3) is 3.21. The quantitative estimate of drug-likeness (QED) is 0.618. The summed E-state index contributed by atoms with van der Waals surface area (Å²) in [4.78, 5) is 10.7. The van der Waals surface area contributed by atoms with Gasteiger partial charge in [0.2, 0.25) is 0 Å². The molecule has 6 nitrogen and oxygen atoms in total. The molecule has 1 heterocycles. The van der Waals surface area contributed by atoms with E-state index in [0.717, 1.165) is 0 Å². The number of methoxy groups -OCH3 is 1. The van der Waals surface area contributed by atoms with Crippen LogP contribution in [0.5, 0.6) is 5.75 Å². The molecule has 1 aliphatic heterocycles. The number of nitro groups is 1. The van der Waals surface area contributed by atoms with Crippen LogP contribution in [-0.2, 0) is 15.9 Å². The molecule has 0 unspecified atom stereocenters. The van der Waals surface area contributed by atoms with E-state index in [-0.39, 0.29) is 11.8 Å². The lowest BCUT2D eigenvalue weighted by Crippen LogP contribution is -2.22. The van der Waals surface area contributed by atoms with Crippen molar-refractivity contribution in [3.05, 3.63) is 33.9 Å². The average molecular weight is 267 g/mol. The molecule has 1 aromatic rings. The number of benzene rings is 1. The summed E-state index contributed by atoms with van der Waals surface area (Å²) in [5, 5.41) is 11.1. The smallest absolute Gasteiger partial charge is 0.276 e. The van der Waals surface area contributed by atoms with Crippen molar-refractivity contribution in [2.75, 3.05) is 13.7 Å². The standard InChI is InChI=1S/C13H17NO5/c1-13(2)18-8-11(19-13)6-9-4-5-10(17-3)7-12(9)14(15)16/h4-5,7,11H,6,8H2,1-3H3/t11-/m0/s1. The number of hydrogen-bond donors (Lipinski definition) is 0. The number of nitro benzene ring substituents is 1. The first kappa shape index (κ1) is 13.8. The molecule has 0 bridgehead atoms. The van der Waals surface area contributed by atoms with Crippen molar-refractivity contribution in [1.82, 2.24) is 0 Å². The first-order valence-electron chi connectivity index (χ1n) is 6.04. The summed E-state index contributed by atoms with van der Waals surface area (Å²) in [6, 6.07) is 4.84. The maximum Gasteiger partial charge on any atom is 0.276 e. The topological polar surface area (TPSA) is 70.8 Å². The van der Waals surface area contributed by atoms with Gasteiger partial charge in [0.25, 0.3) is 5.69 Å². The van der Waals surface area contributed by atoms with Crippen LogP contribution in [0, 0.1) is 10.1 Å². The predicted octanol–water partition coefficient (Wildman–Crippen LogP) is 2.30. The lowest BCUT2D eigenvalue weighted by molar-refractivity contribution is -0.385. The largest absolute Gasteiger partial charge is 0.497 e. The summed E-state index contributed by atoms with van der Waals surface area (Å²) in [5.41, 5.74) is 0.671. The Balaban J connectivity index is 2.18. The number of ether oxygens (including phenoxy) is 3. The second-order valence-corrected chi connectivity index (χ2v) is 4.91. The minimum Gasteiger partial charge on any atom is -0.497 e. The van der Waals surface area contributed by atoms with Crippen LogP contribution in [0.1, 0.15) is 19.4 Å². The molecule has 19 heavy (non-hydrogen) atoms. The Hall–Kier alpha value is -1.66. The van der Waals surface area contributed by atoms with Crippen molar-refractivity contribution in [3.8, 4) is 5.75 Å². The molecule has 0 saturated carbocycles. The third-order valence-electron chi connectivity index (χ3n) is 3.00. The van der Waals surface area contributed by atoms with Crippen molar-refractivity contribution < 1.29 is 19.1 Å². The fourth-order valence-corrected chi connectivity index (χ4v) is 2.12. The Labute approximate surface area is 111 Å². The van der Waals surface area contributed by atoms with E-state index < -0.39 is 10.7 Å². The van der Waals surface area contributed by atoms with Gasteiger partial charge in [0.05, 0.1) is 30.8 Å². The Bertz CT molecular complexity index is 486. The van der Waals surface area contributed by atoms with Crippen LogP contribution in [0.25, 0.3) is 0 Å². The van der Waals surface area contributed by atoms with E-state index in [1.54, 1.807) is 12.1 Å². The minimum absolute atomic E-state index is 0.0488. The van der Waals surface area contributed by atoms with Crippen molar-refractivity contribution in [1.29, 1.82) is 0 Å². The van der Waals surface area contributed by atoms with Crippen LogP contribution < -0.4 is 4.74 Å². The third-order valence-corrected chi connectivity index (χ3v) is 3.00. The molecule has 0 aromatic heterocycles. The second kappa shape index (κ2) is 5.14. The Morgan fingerprint density at radius 2 is 2.26 bits per heavy atom. The highest BCUT2D eigenvalue weighted by Crippen LogP contribution is 2.29. The molecule has 1 aromatic carbocycles. The predicted molar refractivity (Wildman–Crippen MR) is 68.3 cm³/mol. The van der Waals surface area contributed by atoms with Gasteiger partial charge in [0, 0.05) is 12.0 Å². The molecule has 6 heteroatoms. The van der Waals surface area contributed by atoms with E-state index in [2.05, 4.69) is 0 Å². The van der Waals surface area contributed by atoms with Crippen molar-refractivity contribution >= 4 is 5.69 Å². The van der Waals surface area contributed by atoms with Crippen molar-refractivity contribution in [2.45, 2.75) is 32.2 Å². The molecule has 104 valence electrons. The van der Waals surface area contributed by atoms with Crippen LogP contribution in [0.15, 0.2) is 18.2 Å². The number of hydrogen-bond acceptors (Lipinski definition) is 5. The molecule has 1 fully saturated rings. The monoisotopic (exact) mass is 267 g/mol. The summed E-state index contributed by atoms with van der Waals surface area (Å²) in [5.74, 6) is -0.147. The van der Waals surface area contributed by atoms with Gasteiger partial charge in [0.15, 0.2) is 5.79 Å². The van der Waals surface area contributed by atoms with E-state index in [4.69, 9.17) is 14.2 Å². The lowest BCUT2D eigenvalue weighted by atomic mass is 10.1. The molecule has 0 amide bonds. The Kier molecular flexibility index (Phi) is 3.73. The SMILES string of the molecule is COc1ccc(C[C@H]2COC(C)(C)O2)c([N+](=O)[O-])c1. The van der Waals surface area contributed by atoms with Gasteiger partial charge >= 0.3 is 0 Å². The first-order valence-corrected chi connectivity index (χ1v) is 6.04. The van der Waals surface area contributed by atoms with E-state index >= 15 is 0 Å². The van der Waals surface area contributed by atoms with Crippen molar-refractivity contribution in [2.24, 2.45) is 0 Å². The van der Waals surface area contributed by atoms with Gasteiger partial charge in [0.1, 0.15) is 5.75 Å². The first-order chi connectivity index (χ1) is 8.91. The molecule has 1 aliphatic rings. The zero-order chi connectivity index (χ0) is 14.0. The molecule has 2 rings (SSSR count). The normalized spacial score (nSPS) is 21.3. The molecule has 1 atom stereocenters. The van der Waals surface area contributed by atoms with E-state index in [1.165, 1.54) is 13.2 Å². The van der Waals surface area contributed by atoms with E-state index in [1.807, 2.05) is 13.8 Å². The fourth-order valence-electron chi connectivity index (χ4n) is 2.12. The molecule has 1 saturated heterocycles. The van der Waals surface area contributed by atoms with Gasteiger partial charge in [-0.3, -0.25) is 10.1 Å². The van der Waals surface area contributed by atoms with Gasteiger partial charge in [-0.05, 0) is 26.0 Å². The van der Waals surface area contributed by atoms with Gasteiger partial charge < -0.3 is 14.2 Å².